The second-order valence-corrected chi connectivity index (χ2v) is 3.27. The summed E-state index contributed by atoms with van der Waals surface area (Å²) in [6.45, 7) is 1.64. The number of hydrogen-bond donors (Lipinski definition) is 1. The van der Waals surface area contributed by atoms with E-state index >= 15 is 0 Å². The lowest BCUT2D eigenvalue weighted by atomic mass is 10.2. The van der Waals surface area contributed by atoms with E-state index in [1.54, 1.807) is 11.8 Å². The van der Waals surface area contributed by atoms with Gasteiger partial charge in [0.2, 0.25) is 0 Å². The number of halogens is 1. The fourth-order valence-electron chi connectivity index (χ4n) is 1.56. The molecule has 1 aromatic heterocycles. The second-order valence-electron chi connectivity index (χ2n) is 3.27. The molecule has 1 saturated heterocycles. The van der Waals surface area contributed by atoms with Crippen LogP contribution >= 0.6 is 12.4 Å². The highest BCUT2D eigenvalue weighted by Crippen LogP contribution is 2.20. The van der Waals surface area contributed by atoms with Gasteiger partial charge in [-0.3, -0.25) is 0 Å². The zero-order chi connectivity index (χ0) is 9.97. The van der Waals surface area contributed by atoms with Crippen molar-refractivity contribution in [3.05, 3.63) is 11.9 Å². The predicted molar refractivity (Wildman–Crippen MR) is 55.8 cm³/mol. The molecule has 6 nitrogen and oxygen atoms in total. The molecule has 1 fully saturated rings. The molecule has 1 aliphatic heterocycles. The van der Waals surface area contributed by atoms with Gasteiger partial charge in [0.25, 0.3) is 0 Å². The van der Waals surface area contributed by atoms with Crippen molar-refractivity contribution in [1.29, 1.82) is 0 Å². The van der Waals surface area contributed by atoms with Crippen LogP contribution in [0, 0.1) is 0 Å². The quantitative estimate of drug-likeness (QED) is 0.780. The third-order valence-corrected chi connectivity index (χ3v) is 2.41. The standard InChI is InChI=1S/C8H14N4O2.ClH/c1-13-8-5-14-4-7(8)12-3-6(2-9)10-11-12;/h3,7-8H,2,4-5,9H2,1H3;1H. The Bertz CT molecular complexity index is 307. The van der Waals surface area contributed by atoms with Gasteiger partial charge in [0.15, 0.2) is 0 Å². The van der Waals surface area contributed by atoms with Crippen LogP contribution in [-0.2, 0) is 16.0 Å². The maximum atomic E-state index is 5.45. The Morgan fingerprint density at radius 2 is 2.47 bits per heavy atom. The van der Waals surface area contributed by atoms with E-state index in [2.05, 4.69) is 10.3 Å². The molecule has 15 heavy (non-hydrogen) atoms. The highest BCUT2D eigenvalue weighted by Gasteiger charge is 2.30. The number of rotatable bonds is 3. The molecule has 0 aliphatic carbocycles. The van der Waals surface area contributed by atoms with Crippen molar-refractivity contribution >= 4 is 12.4 Å². The molecule has 2 atom stereocenters. The molecule has 86 valence electrons. The van der Waals surface area contributed by atoms with Crippen LogP contribution in [0.5, 0.6) is 0 Å². The molecule has 0 amide bonds. The molecule has 2 N–H and O–H groups in total. The lowest BCUT2D eigenvalue weighted by molar-refractivity contribution is 0.0661. The van der Waals surface area contributed by atoms with E-state index in [0.717, 1.165) is 5.69 Å². The molecule has 2 rings (SSSR count). The first-order valence-corrected chi connectivity index (χ1v) is 4.56. The zero-order valence-electron chi connectivity index (χ0n) is 8.50. The number of aromatic nitrogens is 3. The van der Waals surface area contributed by atoms with Gasteiger partial charge in [0.05, 0.1) is 25.1 Å². The molecular weight excluding hydrogens is 220 g/mol. The van der Waals surface area contributed by atoms with Gasteiger partial charge in [0, 0.05) is 13.7 Å². The first-order chi connectivity index (χ1) is 6.85. The molecule has 0 aromatic carbocycles. The van der Waals surface area contributed by atoms with Crippen molar-refractivity contribution in [3.8, 4) is 0 Å². The van der Waals surface area contributed by atoms with Gasteiger partial charge < -0.3 is 15.2 Å². The zero-order valence-corrected chi connectivity index (χ0v) is 9.31. The summed E-state index contributed by atoms with van der Waals surface area (Å²) in [5.41, 5.74) is 6.23. The molecule has 0 spiro atoms. The van der Waals surface area contributed by atoms with Gasteiger partial charge in [-0.05, 0) is 0 Å². The van der Waals surface area contributed by atoms with Crippen LogP contribution in [0.2, 0.25) is 0 Å². The fraction of sp³-hybridized carbons (Fsp3) is 0.750. The van der Waals surface area contributed by atoms with Crippen LogP contribution in [0.15, 0.2) is 6.20 Å². The molecule has 2 heterocycles. The van der Waals surface area contributed by atoms with Gasteiger partial charge in [0.1, 0.15) is 12.1 Å². The van der Waals surface area contributed by atoms with Crippen molar-refractivity contribution in [2.45, 2.75) is 18.7 Å². The molecule has 0 bridgehead atoms. The van der Waals surface area contributed by atoms with Crippen molar-refractivity contribution < 1.29 is 9.47 Å². The van der Waals surface area contributed by atoms with Gasteiger partial charge >= 0.3 is 0 Å². The Morgan fingerprint density at radius 3 is 3.07 bits per heavy atom. The molecule has 1 aliphatic rings. The van der Waals surface area contributed by atoms with Gasteiger partial charge in [-0.2, -0.15) is 0 Å². The summed E-state index contributed by atoms with van der Waals surface area (Å²) in [5.74, 6) is 0. The smallest absolute Gasteiger partial charge is 0.105 e. The Balaban J connectivity index is 0.00000112. The first-order valence-electron chi connectivity index (χ1n) is 4.56. The number of ether oxygens (including phenoxy) is 2. The second kappa shape index (κ2) is 5.41. The number of hydrogen-bond acceptors (Lipinski definition) is 5. The average molecular weight is 235 g/mol. The maximum absolute atomic E-state index is 5.45. The number of nitrogens with two attached hydrogens (primary N) is 1. The maximum Gasteiger partial charge on any atom is 0.105 e. The first kappa shape index (κ1) is 12.4. The number of nitrogens with zero attached hydrogens (tertiary/aromatic N) is 3. The number of methoxy groups -OCH3 is 1. The Hall–Kier alpha value is -0.690. The highest BCUT2D eigenvalue weighted by atomic mass is 35.5. The summed E-state index contributed by atoms with van der Waals surface area (Å²) in [7, 11) is 1.67. The topological polar surface area (TPSA) is 75.2 Å². The monoisotopic (exact) mass is 234 g/mol. The van der Waals surface area contributed by atoms with Crippen molar-refractivity contribution in [3.63, 3.8) is 0 Å². The minimum Gasteiger partial charge on any atom is -0.377 e. The Labute approximate surface area is 94.1 Å². The molecule has 7 heteroatoms. The van der Waals surface area contributed by atoms with E-state index in [-0.39, 0.29) is 24.6 Å². The molecule has 1 aromatic rings. The van der Waals surface area contributed by atoms with Gasteiger partial charge in [-0.15, -0.1) is 17.5 Å². The van der Waals surface area contributed by atoms with Crippen LogP contribution in [0.25, 0.3) is 0 Å². The third-order valence-electron chi connectivity index (χ3n) is 2.41. The summed E-state index contributed by atoms with van der Waals surface area (Å²) < 4.78 is 12.4. The SMILES string of the molecule is COC1COCC1n1cc(CN)nn1.Cl. The van der Waals surface area contributed by atoms with E-state index in [0.29, 0.717) is 19.8 Å². The minimum absolute atomic E-state index is 0. The molecule has 2 unspecified atom stereocenters. The van der Waals surface area contributed by atoms with Crippen LogP contribution in [0.3, 0.4) is 0 Å². The van der Waals surface area contributed by atoms with Crippen LogP contribution in [0.1, 0.15) is 11.7 Å². The predicted octanol–water partition coefficient (Wildman–Crippen LogP) is -0.255. The van der Waals surface area contributed by atoms with Crippen LogP contribution in [-0.4, -0.2) is 41.4 Å². The minimum atomic E-state index is 0. The van der Waals surface area contributed by atoms with Crippen molar-refractivity contribution in [1.82, 2.24) is 15.0 Å². The van der Waals surface area contributed by atoms with Crippen molar-refractivity contribution in [2.75, 3.05) is 20.3 Å². The fourth-order valence-corrected chi connectivity index (χ4v) is 1.56. The highest BCUT2D eigenvalue weighted by molar-refractivity contribution is 5.85. The van der Waals surface area contributed by atoms with E-state index in [1.807, 2.05) is 6.20 Å². The van der Waals surface area contributed by atoms with E-state index in [9.17, 15) is 0 Å². The van der Waals surface area contributed by atoms with E-state index in [1.165, 1.54) is 0 Å². The summed E-state index contributed by atoms with van der Waals surface area (Å²) in [6.07, 6.45) is 1.90. The van der Waals surface area contributed by atoms with E-state index in [4.69, 9.17) is 15.2 Å². The lowest BCUT2D eigenvalue weighted by Gasteiger charge is -2.15. The normalized spacial score (nSPS) is 25.2. The Kier molecular flexibility index (Phi) is 4.46. The largest absolute Gasteiger partial charge is 0.377 e. The summed E-state index contributed by atoms with van der Waals surface area (Å²) >= 11 is 0. The molecule has 0 radical (unpaired) electrons. The summed E-state index contributed by atoms with van der Waals surface area (Å²) in [6, 6.07) is 0.118. The summed E-state index contributed by atoms with van der Waals surface area (Å²) in [4.78, 5) is 0. The van der Waals surface area contributed by atoms with Gasteiger partial charge in [-0.25, -0.2) is 4.68 Å². The molecule has 0 saturated carbocycles. The average Bonchev–Trinajstić information content (AvgIpc) is 2.85. The van der Waals surface area contributed by atoms with Crippen molar-refractivity contribution in [2.24, 2.45) is 5.73 Å². The van der Waals surface area contributed by atoms with Crippen LogP contribution < -0.4 is 5.73 Å². The van der Waals surface area contributed by atoms with E-state index < -0.39 is 0 Å². The third kappa shape index (κ3) is 2.46. The van der Waals surface area contributed by atoms with Gasteiger partial charge in [-0.1, -0.05) is 5.21 Å². The summed E-state index contributed by atoms with van der Waals surface area (Å²) in [5, 5.41) is 7.92. The Morgan fingerprint density at radius 1 is 1.67 bits per heavy atom. The molecular formula is C8H15ClN4O2. The van der Waals surface area contributed by atoms with Crippen LogP contribution in [0.4, 0.5) is 0 Å². The lowest BCUT2D eigenvalue weighted by Crippen LogP contribution is -2.24.